The van der Waals surface area contributed by atoms with Crippen molar-refractivity contribution in [2.75, 3.05) is 24.5 Å². The van der Waals surface area contributed by atoms with Crippen molar-refractivity contribution in [1.29, 1.82) is 0 Å². The van der Waals surface area contributed by atoms with Crippen molar-refractivity contribution in [3.63, 3.8) is 0 Å². The molecule has 242 valence electrons. The van der Waals surface area contributed by atoms with Crippen LogP contribution in [0.2, 0.25) is 0 Å². The Labute approximate surface area is 270 Å². The van der Waals surface area contributed by atoms with Crippen LogP contribution >= 0.6 is 0 Å². The molecule has 0 spiro atoms. The second-order valence-electron chi connectivity index (χ2n) is 11.5. The number of rotatable bonds is 14. The number of carbonyl (C=O) groups is 2. The fourth-order valence-electron chi connectivity index (χ4n) is 4.90. The Morgan fingerprint density at radius 3 is 2.11 bits per heavy atom. The molecule has 0 aliphatic rings. The van der Waals surface area contributed by atoms with Crippen molar-refractivity contribution in [2.45, 2.75) is 44.7 Å². The summed E-state index contributed by atoms with van der Waals surface area (Å²) in [5, 5.41) is 2.93. The van der Waals surface area contributed by atoms with Crippen LogP contribution in [0.3, 0.4) is 0 Å². The molecular formula is C36H40FN3O5S. The SMILES string of the molecule is COc1ccc(S(=O)(=O)N(CC(=O)N(Cc2ccccc2F)[C@@H](Cc2ccccc2)C(=O)NCC(C)C)c2ccc(C)cc2)cc1. The second kappa shape index (κ2) is 15.5. The maximum Gasteiger partial charge on any atom is 0.264 e. The van der Waals surface area contributed by atoms with Crippen LogP contribution in [0.15, 0.2) is 108 Å². The van der Waals surface area contributed by atoms with Crippen LogP contribution in [0.1, 0.15) is 30.5 Å². The van der Waals surface area contributed by atoms with E-state index < -0.39 is 40.2 Å². The number of anilines is 1. The van der Waals surface area contributed by atoms with E-state index in [1.165, 1.54) is 42.3 Å². The maximum atomic E-state index is 15.0. The van der Waals surface area contributed by atoms with Gasteiger partial charge in [-0.3, -0.25) is 13.9 Å². The van der Waals surface area contributed by atoms with Crippen LogP contribution in [0.25, 0.3) is 0 Å². The topological polar surface area (TPSA) is 96.0 Å². The van der Waals surface area contributed by atoms with E-state index in [2.05, 4.69) is 5.32 Å². The lowest BCUT2D eigenvalue weighted by atomic mass is 10.0. The largest absolute Gasteiger partial charge is 0.497 e. The van der Waals surface area contributed by atoms with E-state index in [0.29, 0.717) is 12.3 Å². The molecular weight excluding hydrogens is 605 g/mol. The van der Waals surface area contributed by atoms with Crippen LogP contribution in [-0.2, 0) is 32.6 Å². The Bertz CT molecular complexity index is 1710. The van der Waals surface area contributed by atoms with Gasteiger partial charge in [0.2, 0.25) is 11.8 Å². The molecule has 2 amide bonds. The summed E-state index contributed by atoms with van der Waals surface area (Å²) >= 11 is 0. The van der Waals surface area contributed by atoms with Crippen molar-refractivity contribution >= 4 is 27.5 Å². The zero-order valence-corrected chi connectivity index (χ0v) is 27.3. The van der Waals surface area contributed by atoms with Gasteiger partial charge in [-0.1, -0.05) is 80.1 Å². The van der Waals surface area contributed by atoms with Gasteiger partial charge in [0, 0.05) is 25.1 Å². The highest BCUT2D eigenvalue weighted by Gasteiger charge is 2.35. The van der Waals surface area contributed by atoms with Crippen molar-refractivity contribution < 1.29 is 27.1 Å². The number of benzene rings is 4. The molecule has 0 aromatic heterocycles. The molecule has 0 aliphatic heterocycles. The molecule has 1 N–H and O–H groups in total. The van der Waals surface area contributed by atoms with Gasteiger partial charge in [0.1, 0.15) is 24.2 Å². The predicted octanol–water partition coefficient (Wildman–Crippen LogP) is 5.75. The second-order valence-corrected chi connectivity index (χ2v) is 13.3. The van der Waals surface area contributed by atoms with Crippen molar-refractivity contribution in [3.8, 4) is 5.75 Å². The fraction of sp³-hybridized carbons (Fsp3) is 0.278. The average Bonchev–Trinajstić information content (AvgIpc) is 3.05. The van der Waals surface area contributed by atoms with E-state index in [4.69, 9.17) is 4.74 Å². The molecule has 4 aromatic carbocycles. The number of methoxy groups -OCH3 is 1. The number of aryl methyl sites for hydroxylation is 1. The molecule has 0 fully saturated rings. The standard InChI is InChI=1S/C36H40FN3O5S/c1-26(2)23-38-36(42)34(22-28-10-6-5-7-11-28)39(24-29-12-8-9-13-33(29)37)35(41)25-40(30-16-14-27(3)15-17-30)46(43,44)32-20-18-31(45-4)19-21-32/h5-21,26,34H,22-25H2,1-4H3,(H,38,42)/t34-/m0/s1. The lowest BCUT2D eigenvalue weighted by molar-refractivity contribution is -0.140. The molecule has 46 heavy (non-hydrogen) atoms. The van der Waals surface area contributed by atoms with E-state index in [-0.39, 0.29) is 35.0 Å². The Balaban J connectivity index is 1.80. The number of halogens is 1. The monoisotopic (exact) mass is 645 g/mol. The first kappa shape index (κ1) is 34.2. The molecule has 4 aromatic rings. The van der Waals surface area contributed by atoms with Crippen LogP contribution in [0, 0.1) is 18.7 Å². The van der Waals surface area contributed by atoms with Crippen LogP contribution < -0.4 is 14.4 Å². The highest BCUT2D eigenvalue weighted by Crippen LogP contribution is 2.27. The maximum absolute atomic E-state index is 15.0. The summed E-state index contributed by atoms with van der Waals surface area (Å²) in [6.07, 6.45) is 0.140. The molecule has 0 saturated heterocycles. The normalized spacial score (nSPS) is 12.0. The van der Waals surface area contributed by atoms with E-state index in [1.54, 1.807) is 42.5 Å². The molecule has 0 radical (unpaired) electrons. The van der Waals surface area contributed by atoms with Crippen LogP contribution in [-0.4, -0.2) is 51.4 Å². The van der Waals surface area contributed by atoms with E-state index in [1.807, 2.05) is 51.1 Å². The Kier molecular flexibility index (Phi) is 11.5. The van der Waals surface area contributed by atoms with Gasteiger partial charge in [0.25, 0.3) is 10.0 Å². The lowest BCUT2D eigenvalue weighted by Crippen LogP contribution is -2.53. The minimum Gasteiger partial charge on any atom is -0.497 e. The zero-order valence-electron chi connectivity index (χ0n) is 26.5. The van der Waals surface area contributed by atoms with E-state index >= 15 is 4.39 Å². The van der Waals surface area contributed by atoms with Crippen LogP contribution in [0.5, 0.6) is 5.75 Å². The number of nitrogens with one attached hydrogen (secondary N) is 1. The highest BCUT2D eigenvalue weighted by molar-refractivity contribution is 7.92. The predicted molar refractivity (Wildman–Crippen MR) is 177 cm³/mol. The van der Waals surface area contributed by atoms with Gasteiger partial charge < -0.3 is 15.0 Å². The number of sulfonamides is 1. The smallest absolute Gasteiger partial charge is 0.264 e. The van der Waals surface area contributed by atoms with Gasteiger partial charge in [-0.15, -0.1) is 0 Å². The number of carbonyl (C=O) groups excluding carboxylic acids is 2. The Morgan fingerprint density at radius 1 is 0.870 bits per heavy atom. The number of hydrogen-bond acceptors (Lipinski definition) is 5. The number of nitrogens with zero attached hydrogens (tertiary/aromatic N) is 2. The molecule has 8 nitrogen and oxygen atoms in total. The summed E-state index contributed by atoms with van der Waals surface area (Å²) in [6.45, 7) is 5.28. The molecule has 0 aliphatic carbocycles. The van der Waals surface area contributed by atoms with Crippen molar-refractivity contribution in [2.24, 2.45) is 5.92 Å². The lowest BCUT2D eigenvalue weighted by Gasteiger charge is -2.34. The molecule has 10 heteroatoms. The van der Waals surface area contributed by atoms with Gasteiger partial charge in [0.05, 0.1) is 17.7 Å². The van der Waals surface area contributed by atoms with E-state index in [9.17, 15) is 18.0 Å². The fourth-order valence-corrected chi connectivity index (χ4v) is 6.32. The summed E-state index contributed by atoms with van der Waals surface area (Å²) in [6, 6.07) is 26.8. The van der Waals surface area contributed by atoms with Gasteiger partial charge in [-0.25, -0.2) is 12.8 Å². The summed E-state index contributed by atoms with van der Waals surface area (Å²) in [5.41, 5.74) is 2.16. The molecule has 0 heterocycles. The first-order valence-electron chi connectivity index (χ1n) is 15.1. The Morgan fingerprint density at radius 2 is 1.50 bits per heavy atom. The first-order chi connectivity index (χ1) is 22.0. The molecule has 1 atom stereocenters. The molecule has 0 unspecified atom stereocenters. The van der Waals surface area contributed by atoms with Crippen molar-refractivity contribution in [3.05, 3.63) is 126 Å². The van der Waals surface area contributed by atoms with Gasteiger partial charge in [-0.2, -0.15) is 0 Å². The van der Waals surface area contributed by atoms with Gasteiger partial charge in [-0.05, 0) is 60.9 Å². The van der Waals surface area contributed by atoms with Crippen molar-refractivity contribution in [1.82, 2.24) is 10.2 Å². The summed E-state index contributed by atoms with van der Waals surface area (Å²) < 4.78 is 49.5. The Hall–Kier alpha value is -4.70. The minimum absolute atomic E-state index is 0.0437. The third kappa shape index (κ3) is 8.72. The quantitative estimate of drug-likeness (QED) is 0.189. The van der Waals surface area contributed by atoms with E-state index in [0.717, 1.165) is 15.4 Å². The summed E-state index contributed by atoms with van der Waals surface area (Å²) in [7, 11) is -2.79. The average molecular weight is 646 g/mol. The number of hydrogen-bond donors (Lipinski definition) is 1. The molecule has 0 saturated carbocycles. The summed E-state index contributed by atoms with van der Waals surface area (Å²) in [4.78, 5) is 29.5. The van der Waals surface area contributed by atoms with Gasteiger partial charge >= 0.3 is 0 Å². The molecule has 0 bridgehead atoms. The zero-order chi connectivity index (χ0) is 33.3. The molecule has 4 rings (SSSR count). The summed E-state index contributed by atoms with van der Waals surface area (Å²) in [5.74, 6) is -1.00. The number of amides is 2. The number of ether oxygens (including phenoxy) is 1. The third-order valence-electron chi connectivity index (χ3n) is 7.50. The highest BCUT2D eigenvalue weighted by atomic mass is 32.2. The first-order valence-corrected chi connectivity index (χ1v) is 16.5. The van der Waals surface area contributed by atoms with Gasteiger partial charge in [0.15, 0.2) is 0 Å². The van der Waals surface area contributed by atoms with Crippen LogP contribution in [0.4, 0.5) is 10.1 Å². The minimum atomic E-state index is -4.27. The third-order valence-corrected chi connectivity index (χ3v) is 9.29.